The summed E-state index contributed by atoms with van der Waals surface area (Å²) in [6.07, 6.45) is -3.19. The van der Waals surface area contributed by atoms with Crippen molar-refractivity contribution < 1.29 is 43.2 Å². The summed E-state index contributed by atoms with van der Waals surface area (Å²) in [5.41, 5.74) is 15.1. The molecule has 0 aliphatic heterocycles. The van der Waals surface area contributed by atoms with E-state index in [4.69, 9.17) is 10.1 Å². The molecule has 1 radical (unpaired) electrons. The Labute approximate surface area is 485 Å². The summed E-state index contributed by atoms with van der Waals surface area (Å²) in [7, 11) is 0. The number of para-hydroxylation sites is 4. The van der Waals surface area contributed by atoms with Crippen LogP contribution in [-0.4, -0.2) is 25.0 Å². The first kappa shape index (κ1) is 54.3. The van der Waals surface area contributed by atoms with Crippen LogP contribution in [0, 0.1) is 6.07 Å². The van der Waals surface area contributed by atoms with Crippen LogP contribution in [0.1, 0.15) is 19.4 Å². The maximum Gasteiger partial charge on any atom is 0.416 e. The van der Waals surface area contributed by atoms with E-state index < -0.39 is 11.7 Å². The molecule has 11 aromatic carbocycles. The number of hydrogen-bond donors (Lipinski definition) is 1. The summed E-state index contributed by atoms with van der Waals surface area (Å²) in [5, 5.41) is 16.8. The van der Waals surface area contributed by atoms with Crippen LogP contribution in [0.2, 0.25) is 0 Å². The van der Waals surface area contributed by atoms with E-state index in [-0.39, 0.29) is 31.6 Å². The third-order valence-electron chi connectivity index (χ3n) is 14.5. The minimum absolute atomic E-state index is 0. The van der Waals surface area contributed by atoms with E-state index in [1.54, 1.807) is 6.07 Å². The van der Waals surface area contributed by atoms with Crippen molar-refractivity contribution in [2.24, 2.45) is 0 Å². The molecular formula is C73H51F3IrN3O2-. The average molecular weight is 1250 g/mol. The van der Waals surface area contributed by atoms with E-state index >= 15 is 0 Å². The van der Waals surface area contributed by atoms with Gasteiger partial charge in [-0.2, -0.15) is 13.2 Å². The van der Waals surface area contributed by atoms with Crippen molar-refractivity contribution in [1.29, 1.82) is 0 Å². The van der Waals surface area contributed by atoms with Gasteiger partial charge in [0.05, 0.1) is 38.9 Å². The third-order valence-corrected chi connectivity index (χ3v) is 14.5. The monoisotopic (exact) mass is 1250 g/mol. The summed E-state index contributed by atoms with van der Waals surface area (Å²) in [4.78, 5) is 15.0. The molecule has 5 nitrogen and oxygen atoms in total. The van der Waals surface area contributed by atoms with Gasteiger partial charge in [0.2, 0.25) is 0 Å². The number of aliphatic hydroxyl groups excluding tert-OH is 1. The fourth-order valence-electron chi connectivity index (χ4n) is 10.9. The van der Waals surface area contributed by atoms with Gasteiger partial charge < -0.3 is 14.2 Å². The zero-order valence-corrected chi connectivity index (χ0v) is 47.0. The second-order valence-corrected chi connectivity index (χ2v) is 19.9. The molecule has 0 atom stereocenters. The number of benzene rings is 11. The molecule has 82 heavy (non-hydrogen) atoms. The van der Waals surface area contributed by atoms with Gasteiger partial charge in [-0.05, 0) is 131 Å². The molecule has 14 rings (SSSR count). The van der Waals surface area contributed by atoms with Crippen molar-refractivity contribution in [3.05, 3.63) is 284 Å². The van der Waals surface area contributed by atoms with Crippen LogP contribution in [0.4, 0.5) is 13.2 Å². The molecule has 0 aliphatic carbocycles. The standard InChI is InChI=1S/C36H24N2.C32H19F3N.C5H8O2.Ir/c1-5-13-33-29(9-1)30-10-2-6-14-34(30)37(33)27-21-17-25(18-22-27)26-19-23-28(24-20-26)38-35-15-7-3-11-31(35)32-12-4-8-16-36(32)38;33-32(34,35)27-15-13-21(14-16-27)23-11-6-12-26(17-23)30-20-28(22-7-2-1-3-8-22)29-18-24-9-4-5-10-25(24)19-31(29)36-30;1-4(6)3-5(2)7;/h1-24H;1-11,13-20H;3,6H,1-2H3;/q;-1;;. The zero-order valence-electron chi connectivity index (χ0n) is 44.6. The zero-order chi connectivity index (χ0) is 55.6. The largest absolute Gasteiger partial charge is 0.512 e. The Kier molecular flexibility index (Phi) is 15.4. The van der Waals surface area contributed by atoms with Gasteiger partial charge in [-0.25, -0.2) is 0 Å². The number of carbonyl (C=O) groups excluding carboxylic acids is 1. The van der Waals surface area contributed by atoms with Crippen LogP contribution in [0.15, 0.2) is 273 Å². The Morgan fingerprint density at radius 2 is 0.890 bits per heavy atom. The van der Waals surface area contributed by atoms with Gasteiger partial charge in [0.1, 0.15) is 0 Å². The molecule has 9 heteroatoms. The minimum Gasteiger partial charge on any atom is -0.512 e. The number of aliphatic hydroxyl groups is 1. The van der Waals surface area contributed by atoms with Gasteiger partial charge in [-0.3, -0.25) is 9.78 Å². The summed E-state index contributed by atoms with van der Waals surface area (Å²) in [6.45, 7) is 2.85. The summed E-state index contributed by atoms with van der Waals surface area (Å²) in [6, 6.07) is 91.2. The number of aromatic nitrogens is 3. The Morgan fingerprint density at radius 3 is 1.34 bits per heavy atom. The first-order valence-corrected chi connectivity index (χ1v) is 26.6. The first-order chi connectivity index (χ1) is 39.4. The normalized spacial score (nSPS) is 11.5. The van der Waals surface area contributed by atoms with Gasteiger partial charge >= 0.3 is 6.18 Å². The molecule has 0 bridgehead atoms. The van der Waals surface area contributed by atoms with Crippen molar-refractivity contribution in [2.75, 3.05) is 0 Å². The van der Waals surface area contributed by atoms with Crippen LogP contribution in [0.5, 0.6) is 0 Å². The summed E-state index contributed by atoms with van der Waals surface area (Å²) < 4.78 is 43.7. The number of halogens is 3. The molecular weight excluding hydrogens is 1200 g/mol. The maximum absolute atomic E-state index is 13.0. The smallest absolute Gasteiger partial charge is 0.416 e. The molecule has 0 saturated carbocycles. The van der Waals surface area contributed by atoms with Crippen molar-refractivity contribution in [1.82, 2.24) is 14.1 Å². The maximum atomic E-state index is 13.0. The van der Waals surface area contributed by atoms with Crippen LogP contribution >= 0.6 is 0 Å². The molecule has 0 saturated heterocycles. The number of allylic oxidation sites excluding steroid dienone is 2. The van der Waals surface area contributed by atoms with E-state index in [2.05, 4.69) is 203 Å². The van der Waals surface area contributed by atoms with Crippen LogP contribution in [-0.2, 0) is 31.1 Å². The number of pyridine rings is 1. The Bertz CT molecular complexity index is 4390. The second-order valence-electron chi connectivity index (χ2n) is 19.9. The number of alkyl halides is 3. The van der Waals surface area contributed by atoms with Gasteiger partial charge in [0.25, 0.3) is 0 Å². The minimum atomic E-state index is -4.36. The first-order valence-electron chi connectivity index (χ1n) is 26.6. The molecule has 3 heterocycles. The summed E-state index contributed by atoms with van der Waals surface area (Å²) in [5.74, 6) is -0.0625. The predicted octanol–water partition coefficient (Wildman–Crippen LogP) is 19.8. The molecule has 14 aromatic rings. The number of carbonyl (C=O) groups is 1. The average Bonchev–Trinajstić information content (AvgIpc) is 3.81. The van der Waals surface area contributed by atoms with E-state index in [9.17, 15) is 18.0 Å². The molecule has 0 amide bonds. The quantitative estimate of drug-likeness (QED) is 0.0749. The van der Waals surface area contributed by atoms with Crippen LogP contribution in [0.3, 0.4) is 0 Å². The molecule has 401 valence electrons. The van der Waals surface area contributed by atoms with E-state index in [0.29, 0.717) is 5.56 Å². The van der Waals surface area contributed by atoms with E-state index in [1.165, 1.54) is 98.2 Å². The van der Waals surface area contributed by atoms with E-state index in [1.807, 2.05) is 42.5 Å². The third kappa shape index (κ3) is 11.0. The topological polar surface area (TPSA) is 60.0 Å². The predicted molar refractivity (Wildman–Crippen MR) is 327 cm³/mol. The number of ketones is 1. The Hall–Kier alpha value is -9.66. The molecule has 0 spiro atoms. The van der Waals surface area contributed by atoms with Crippen molar-refractivity contribution in [3.63, 3.8) is 0 Å². The van der Waals surface area contributed by atoms with Crippen molar-refractivity contribution in [2.45, 2.75) is 20.0 Å². The fourth-order valence-corrected chi connectivity index (χ4v) is 10.9. The SMILES string of the molecule is CC(=O)C=C(C)O.FC(F)(F)c1ccc(-c2cc[c-]c(-c3cc(-c4ccccc4)c4cc5ccccc5cc4n3)c2)cc1.[Ir].c1ccc2c(c1)c1ccccc1n2-c1ccc(-c2ccc(-n3c4ccccc4c4ccccc43)cc2)cc1. The number of rotatable bonds is 7. The molecule has 0 unspecified atom stereocenters. The van der Waals surface area contributed by atoms with Crippen molar-refractivity contribution >= 4 is 71.1 Å². The van der Waals surface area contributed by atoms with Gasteiger partial charge in [-0.1, -0.05) is 170 Å². The molecule has 0 aliphatic rings. The molecule has 1 N–H and O–H groups in total. The Morgan fingerprint density at radius 1 is 0.463 bits per heavy atom. The van der Waals surface area contributed by atoms with Gasteiger partial charge in [0.15, 0.2) is 5.78 Å². The van der Waals surface area contributed by atoms with E-state index in [0.717, 1.165) is 61.8 Å². The van der Waals surface area contributed by atoms with Crippen molar-refractivity contribution in [3.8, 4) is 56.0 Å². The number of fused-ring (bicyclic) bond motifs is 8. The number of hydrogen-bond acceptors (Lipinski definition) is 3. The molecule has 3 aromatic heterocycles. The van der Waals surface area contributed by atoms with Crippen LogP contribution in [0.25, 0.3) is 121 Å². The number of nitrogens with zero attached hydrogens (tertiary/aromatic N) is 3. The van der Waals surface area contributed by atoms with Gasteiger partial charge in [0, 0.05) is 64.5 Å². The Balaban J connectivity index is 0.000000153. The molecule has 0 fully saturated rings. The van der Waals surface area contributed by atoms with Gasteiger partial charge in [-0.15, -0.1) is 35.4 Å². The fraction of sp³-hybridized carbons (Fsp3) is 0.0411. The summed E-state index contributed by atoms with van der Waals surface area (Å²) >= 11 is 0. The second kappa shape index (κ2) is 23.2. The van der Waals surface area contributed by atoms with Crippen LogP contribution < -0.4 is 0 Å².